The first-order valence-electron chi connectivity index (χ1n) is 6.71. The third kappa shape index (κ3) is 2.92. The van der Waals surface area contributed by atoms with Gasteiger partial charge in [-0.05, 0) is 34.9 Å². The quantitative estimate of drug-likeness (QED) is 0.746. The zero-order chi connectivity index (χ0) is 14.0. The first-order valence-corrected chi connectivity index (χ1v) is 7.90. The number of hydrogen-bond donors (Lipinski definition) is 0. The van der Waals surface area contributed by atoms with Crippen LogP contribution >= 0.6 is 11.6 Å². The van der Waals surface area contributed by atoms with Gasteiger partial charge in [0.05, 0.1) is 5.02 Å². The molecule has 0 bridgehead atoms. The van der Waals surface area contributed by atoms with Crippen LogP contribution in [0.4, 0.5) is 0 Å². The van der Waals surface area contributed by atoms with E-state index >= 15 is 0 Å². The lowest BCUT2D eigenvalue weighted by Gasteiger charge is -2.26. The van der Waals surface area contributed by atoms with Gasteiger partial charge in [0.15, 0.2) is 0 Å². The van der Waals surface area contributed by atoms with Gasteiger partial charge in [-0.1, -0.05) is 53.1 Å². The van der Waals surface area contributed by atoms with Gasteiger partial charge >= 0.3 is 0 Å². The van der Waals surface area contributed by atoms with Gasteiger partial charge in [0, 0.05) is 5.56 Å². The van der Waals surface area contributed by atoms with Crippen molar-refractivity contribution in [3.8, 4) is 5.75 Å². The third-order valence-corrected chi connectivity index (χ3v) is 4.01. The second kappa shape index (κ2) is 6.11. The van der Waals surface area contributed by atoms with E-state index in [0.717, 1.165) is 10.8 Å². The normalized spacial score (nSPS) is 11.9. The Morgan fingerprint density at radius 2 is 1.44 bits per heavy atom. The van der Waals surface area contributed by atoms with Crippen LogP contribution in [-0.4, -0.2) is 10.5 Å². The Balaban J connectivity index is 3.69. The molecule has 0 saturated carbocycles. The predicted octanol–water partition coefficient (Wildman–Crippen LogP) is 4.37. The SMILES string of the molecule is CC(C)c1cc(Cl)c(O[SiH3])c(C(C)C)c1C(C)C. The lowest BCUT2D eigenvalue weighted by molar-refractivity contribution is 0.589. The summed E-state index contributed by atoms with van der Waals surface area (Å²) in [5, 5.41) is 0.766. The molecular formula is C15H25ClOSi. The summed E-state index contributed by atoms with van der Waals surface area (Å²) >= 11 is 6.40. The average molecular weight is 285 g/mol. The van der Waals surface area contributed by atoms with Crippen molar-refractivity contribution < 1.29 is 4.43 Å². The van der Waals surface area contributed by atoms with Crippen LogP contribution in [0.1, 0.15) is 76.0 Å². The molecule has 3 heteroatoms. The summed E-state index contributed by atoms with van der Waals surface area (Å²) in [5.74, 6) is 2.32. The van der Waals surface area contributed by atoms with Gasteiger partial charge in [-0.25, -0.2) is 0 Å². The molecule has 0 aliphatic carbocycles. The molecule has 0 spiro atoms. The Morgan fingerprint density at radius 3 is 1.78 bits per heavy atom. The molecule has 0 aliphatic rings. The molecule has 0 amide bonds. The van der Waals surface area contributed by atoms with E-state index in [4.69, 9.17) is 16.0 Å². The molecule has 1 aromatic carbocycles. The van der Waals surface area contributed by atoms with Gasteiger partial charge in [0.2, 0.25) is 10.5 Å². The fraction of sp³-hybridized carbons (Fsp3) is 0.600. The van der Waals surface area contributed by atoms with E-state index < -0.39 is 0 Å². The Hall–Kier alpha value is -0.473. The van der Waals surface area contributed by atoms with E-state index in [9.17, 15) is 0 Å². The van der Waals surface area contributed by atoms with E-state index in [-0.39, 0.29) is 0 Å². The van der Waals surface area contributed by atoms with Gasteiger partial charge in [-0.3, -0.25) is 0 Å². The Bertz CT molecular complexity index is 425. The molecule has 0 heterocycles. The van der Waals surface area contributed by atoms with E-state index in [1.807, 2.05) is 0 Å². The van der Waals surface area contributed by atoms with Crippen LogP contribution in [-0.2, 0) is 0 Å². The zero-order valence-corrected chi connectivity index (χ0v) is 15.4. The summed E-state index contributed by atoms with van der Waals surface area (Å²) in [7, 11) is 0.673. The molecule has 18 heavy (non-hydrogen) atoms. The molecule has 0 saturated heterocycles. The molecule has 1 rings (SSSR count). The topological polar surface area (TPSA) is 9.23 Å². The van der Waals surface area contributed by atoms with Crippen LogP contribution in [0, 0.1) is 0 Å². The largest absolute Gasteiger partial charge is 0.552 e. The van der Waals surface area contributed by atoms with Crippen LogP contribution < -0.4 is 4.43 Å². The Morgan fingerprint density at radius 1 is 0.944 bits per heavy atom. The van der Waals surface area contributed by atoms with Gasteiger partial charge in [0.1, 0.15) is 5.75 Å². The highest BCUT2D eigenvalue weighted by Crippen LogP contribution is 2.43. The van der Waals surface area contributed by atoms with E-state index in [1.54, 1.807) is 0 Å². The predicted molar refractivity (Wildman–Crippen MR) is 84.3 cm³/mol. The summed E-state index contributed by atoms with van der Waals surface area (Å²) in [6, 6.07) is 2.10. The minimum Gasteiger partial charge on any atom is -0.552 e. The Kier molecular flexibility index (Phi) is 5.29. The van der Waals surface area contributed by atoms with Crippen molar-refractivity contribution in [3.05, 3.63) is 27.8 Å². The zero-order valence-electron chi connectivity index (χ0n) is 12.6. The summed E-state index contributed by atoms with van der Waals surface area (Å²) in [5.41, 5.74) is 4.09. The average Bonchev–Trinajstić information content (AvgIpc) is 2.26. The van der Waals surface area contributed by atoms with Crippen molar-refractivity contribution in [1.82, 2.24) is 0 Å². The van der Waals surface area contributed by atoms with Crippen molar-refractivity contribution in [3.63, 3.8) is 0 Å². The monoisotopic (exact) mass is 284 g/mol. The second-order valence-corrected chi connectivity index (χ2v) is 6.59. The highest BCUT2D eigenvalue weighted by Gasteiger charge is 2.22. The molecule has 0 aliphatic heterocycles. The maximum atomic E-state index is 6.40. The summed E-state index contributed by atoms with van der Waals surface area (Å²) in [6.07, 6.45) is 0. The molecule has 102 valence electrons. The van der Waals surface area contributed by atoms with Crippen molar-refractivity contribution in [2.75, 3.05) is 0 Å². The van der Waals surface area contributed by atoms with Crippen LogP contribution in [0.25, 0.3) is 0 Å². The van der Waals surface area contributed by atoms with Crippen LogP contribution in [0.3, 0.4) is 0 Å². The maximum Gasteiger partial charge on any atom is 0.204 e. The molecular weight excluding hydrogens is 260 g/mol. The van der Waals surface area contributed by atoms with E-state index in [1.165, 1.54) is 16.7 Å². The van der Waals surface area contributed by atoms with Crippen molar-refractivity contribution in [2.24, 2.45) is 0 Å². The molecule has 1 nitrogen and oxygen atoms in total. The summed E-state index contributed by atoms with van der Waals surface area (Å²) < 4.78 is 5.67. The smallest absolute Gasteiger partial charge is 0.204 e. The van der Waals surface area contributed by atoms with Gasteiger partial charge in [-0.15, -0.1) is 0 Å². The first kappa shape index (κ1) is 15.6. The fourth-order valence-electron chi connectivity index (χ4n) is 2.59. The van der Waals surface area contributed by atoms with Gasteiger partial charge in [0.25, 0.3) is 0 Å². The van der Waals surface area contributed by atoms with E-state index in [0.29, 0.717) is 28.2 Å². The maximum absolute atomic E-state index is 6.40. The highest BCUT2D eigenvalue weighted by molar-refractivity contribution is 6.32. The molecule has 0 atom stereocenters. The van der Waals surface area contributed by atoms with Crippen molar-refractivity contribution in [1.29, 1.82) is 0 Å². The molecule has 0 unspecified atom stereocenters. The van der Waals surface area contributed by atoms with Crippen LogP contribution in [0.15, 0.2) is 6.07 Å². The number of benzene rings is 1. The molecule has 0 aromatic heterocycles. The van der Waals surface area contributed by atoms with Crippen molar-refractivity contribution in [2.45, 2.75) is 59.3 Å². The number of halogens is 1. The van der Waals surface area contributed by atoms with Gasteiger partial charge in [-0.2, -0.15) is 0 Å². The van der Waals surface area contributed by atoms with Gasteiger partial charge < -0.3 is 4.43 Å². The fourth-order valence-corrected chi connectivity index (χ4v) is 3.45. The lowest BCUT2D eigenvalue weighted by atomic mass is 9.83. The first-order chi connectivity index (χ1) is 8.31. The molecule has 1 aromatic rings. The Labute approximate surface area is 119 Å². The number of hydrogen-bond acceptors (Lipinski definition) is 1. The summed E-state index contributed by atoms with van der Waals surface area (Å²) in [4.78, 5) is 0. The molecule has 0 N–H and O–H groups in total. The minimum atomic E-state index is 0.433. The lowest BCUT2D eigenvalue weighted by Crippen LogP contribution is -2.08. The standard InChI is InChI=1S/C15H25ClOSi/c1-8(2)11-7-12(16)15(17-18)14(10(5)6)13(11)9(3)4/h7-10H,1-6,18H3. The second-order valence-electron chi connectivity index (χ2n) is 5.77. The highest BCUT2D eigenvalue weighted by atomic mass is 35.5. The number of rotatable bonds is 4. The van der Waals surface area contributed by atoms with Crippen LogP contribution in [0.5, 0.6) is 5.75 Å². The summed E-state index contributed by atoms with van der Waals surface area (Å²) in [6.45, 7) is 13.4. The minimum absolute atomic E-state index is 0.433. The molecule has 0 fully saturated rings. The van der Waals surface area contributed by atoms with Crippen molar-refractivity contribution >= 4 is 22.1 Å². The third-order valence-electron chi connectivity index (χ3n) is 3.33. The molecule has 0 radical (unpaired) electrons. The van der Waals surface area contributed by atoms with E-state index in [2.05, 4.69) is 47.6 Å². The van der Waals surface area contributed by atoms with Crippen LogP contribution in [0.2, 0.25) is 5.02 Å².